The Labute approximate surface area is 221 Å². The topological polar surface area (TPSA) is 95.9 Å². The summed E-state index contributed by atoms with van der Waals surface area (Å²) in [6, 6.07) is 12.6. The third kappa shape index (κ3) is 6.05. The van der Waals surface area contributed by atoms with E-state index in [2.05, 4.69) is 5.32 Å². The van der Waals surface area contributed by atoms with Crippen molar-refractivity contribution in [1.82, 2.24) is 10.2 Å². The molecule has 7 nitrogen and oxygen atoms in total. The van der Waals surface area contributed by atoms with Crippen molar-refractivity contribution in [2.45, 2.75) is 38.3 Å². The van der Waals surface area contributed by atoms with E-state index in [9.17, 15) is 19.5 Å². The number of hydrogen-bond acceptors (Lipinski definition) is 6. The second kappa shape index (κ2) is 11.7. The fourth-order valence-corrected chi connectivity index (χ4v) is 5.23. The Bertz CT molecular complexity index is 1110. The molecule has 0 bridgehead atoms. The van der Waals surface area contributed by atoms with E-state index in [1.54, 1.807) is 47.0 Å². The number of esters is 1. The molecule has 3 rings (SSSR count). The number of amides is 2. The summed E-state index contributed by atoms with van der Waals surface area (Å²) in [4.78, 5) is 40.2. The molecule has 0 saturated carbocycles. The quantitative estimate of drug-likeness (QED) is 0.496. The summed E-state index contributed by atoms with van der Waals surface area (Å²) in [5.41, 5.74) is -0.465. The fourth-order valence-electron chi connectivity index (χ4n) is 4.63. The number of benzene rings is 2. The number of thioether (sulfide) groups is 1. The van der Waals surface area contributed by atoms with Crippen LogP contribution in [0.15, 0.2) is 48.5 Å². The minimum absolute atomic E-state index is 0.187. The van der Waals surface area contributed by atoms with Crippen molar-refractivity contribution in [3.63, 3.8) is 0 Å². The highest BCUT2D eigenvalue weighted by Gasteiger charge is 2.50. The molecule has 36 heavy (non-hydrogen) atoms. The number of ether oxygens (including phenoxy) is 1. The van der Waals surface area contributed by atoms with Gasteiger partial charge < -0.3 is 20.1 Å². The number of aliphatic hydroxyl groups is 1. The molecule has 9 heteroatoms. The van der Waals surface area contributed by atoms with Crippen molar-refractivity contribution in [1.29, 1.82) is 0 Å². The summed E-state index contributed by atoms with van der Waals surface area (Å²) >= 11 is 7.62. The molecule has 0 unspecified atom stereocenters. The third-order valence-electron chi connectivity index (χ3n) is 6.84. The average Bonchev–Trinajstić information content (AvgIpc) is 2.87. The molecule has 2 atom stereocenters. The maximum Gasteiger partial charge on any atom is 0.337 e. The van der Waals surface area contributed by atoms with E-state index in [1.165, 1.54) is 13.2 Å². The maximum absolute atomic E-state index is 13.6. The van der Waals surface area contributed by atoms with Gasteiger partial charge in [-0.05, 0) is 60.7 Å². The number of hydrogen-bond donors (Lipinski definition) is 2. The number of methoxy groups -OCH3 is 1. The Morgan fingerprint density at radius 3 is 2.44 bits per heavy atom. The SMILES string of the molecule is COC(=O)c1cccc(C(=O)N[C@H](CCSC)C(=O)N2CC[C@](O)(c3ccc(Cl)cc3)C(C)(C)C2)c1. The molecule has 2 aromatic carbocycles. The minimum Gasteiger partial charge on any atom is -0.465 e. The molecule has 1 saturated heterocycles. The lowest BCUT2D eigenvalue weighted by Crippen LogP contribution is -2.59. The normalized spacial score (nSPS) is 19.9. The van der Waals surface area contributed by atoms with Crippen molar-refractivity contribution in [2.75, 3.05) is 32.2 Å². The van der Waals surface area contributed by atoms with Crippen LogP contribution in [0.4, 0.5) is 0 Å². The number of nitrogens with one attached hydrogen (secondary N) is 1. The first-order chi connectivity index (χ1) is 17.0. The number of carbonyl (C=O) groups is 3. The number of nitrogens with zero attached hydrogens (tertiary/aromatic N) is 1. The van der Waals surface area contributed by atoms with Gasteiger partial charge in [-0.15, -0.1) is 0 Å². The van der Waals surface area contributed by atoms with Crippen LogP contribution >= 0.6 is 23.4 Å². The van der Waals surface area contributed by atoms with Gasteiger partial charge in [-0.3, -0.25) is 9.59 Å². The molecule has 0 radical (unpaired) electrons. The molecule has 0 spiro atoms. The number of halogens is 1. The summed E-state index contributed by atoms with van der Waals surface area (Å²) in [6.45, 7) is 4.56. The molecular formula is C27H33ClN2O5S. The number of likely N-dealkylation sites (tertiary alicyclic amines) is 1. The van der Waals surface area contributed by atoms with Crippen molar-refractivity contribution in [3.8, 4) is 0 Å². The Kier molecular flexibility index (Phi) is 9.08. The first-order valence-electron chi connectivity index (χ1n) is 11.8. The predicted octanol–water partition coefficient (Wildman–Crippen LogP) is 4.12. The second-order valence-electron chi connectivity index (χ2n) is 9.64. The van der Waals surface area contributed by atoms with Crippen LogP contribution in [0.3, 0.4) is 0 Å². The van der Waals surface area contributed by atoms with Crippen LogP contribution in [0, 0.1) is 5.41 Å². The van der Waals surface area contributed by atoms with Gasteiger partial charge in [-0.25, -0.2) is 4.79 Å². The smallest absolute Gasteiger partial charge is 0.337 e. The van der Waals surface area contributed by atoms with Crippen molar-refractivity contribution < 1.29 is 24.2 Å². The zero-order chi connectivity index (χ0) is 26.5. The van der Waals surface area contributed by atoms with Crippen molar-refractivity contribution >= 4 is 41.1 Å². The van der Waals surface area contributed by atoms with Crippen LogP contribution < -0.4 is 5.32 Å². The van der Waals surface area contributed by atoms with E-state index >= 15 is 0 Å². The van der Waals surface area contributed by atoms with Crippen molar-refractivity contribution in [3.05, 3.63) is 70.2 Å². The molecule has 194 valence electrons. The van der Waals surface area contributed by atoms with Gasteiger partial charge in [0.2, 0.25) is 5.91 Å². The minimum atomic E-state index is -1.12. The summed E-state index contributed by atoms with van der Waals surface area (Å²) in [6.07, 6.45) is 2.76. The standard InChI is InChI=1S/C27H33ClN2O5S/c1-26(2)17-30(14-13-27(26,34)20-8-10-21(28)11-9-20)24(32)22(12-15-36-4)29-23(31)18-6-5-7-19(16-18)25(33)35-3/h5-11,16,22,34H,12-15,17H2,1-4H3,(H,29,31)/t22-,27+/m1/s1. The van der Waals surface area contributed by atoms with E-state index in [1.807, 2.05) is 32.2 Å². The molecular weight excluding hydrogens is 500 g/mol. The number of carbonyl (C=O) groups excluding carboxylic acids is 3. The Hall–Kier alpha value is -2.55. The lowest BCUT2D eigenvalue weighted by molar-refractivity contribution is -0.154. The summed E-state index contributed by atoms with van der Waals surface area (Å²) in [5.74, 6) is -0.476. The van der Waals surface area contributed by atoms with Gasteiger partial charge >= 0.3 is 5.97 Å². The zero-order valence-electron chi connectivity index (χ0n) is 21.0. The van der Waals surface area contributed by atoms with E-state index in [0.717, 1.165) is 5.56 Å². The van der Waals surface area contributed by atoms with Gasteiger partial charge in [0.15, 0.2) is 0 Å². The summed E-state index contributed by atoms with van der Waals surface area (Å²) < 4.78 is 4.74. The highest BCUT2D eigenvalue weighted by molar-refractivity contribution is 7.98. The molecule has 1 aliphatic heterocycles. The Morgan fingerprint density at radius 1 is 1.17 bits per heavy atom. The molecule has 2 N–H and O–H groups in total. The third-order valence-corrected chi connectivity index (χ3v) is 7.74. The first kappa shape index (κ1) is 28.0. The van der Waals surface area contributed by atoms with E-state index < -0.39 is 28.9 Å². The molecule has 2 amide bonds. The fraction of sp³-hybridized carbons (Fsp3) is 0.444. The zero-order valence-corrected chi connectivity index (χ0v) is 22.6. The Balaban J connectivity index is 1.77. The van der Waals surface area contributed by atoms with Crippen LogP contribution in [0.25, 0.3) is 0 Å². The number of piperidine rings is 1. The van der Waals surface area contributed by atoms with E-state index in [4.69, 9.17) is 16.3 Å². The monoisotopic (exact) mass is 532 g/mol. The largest absolute Gasteiger partial charge is 0.465 e. The molecule has 0 aromatic heterocycles. The highest BCUT2D eigenvalue weighted by atomic mass is 35.5. The average molecular weight is 533 g/mol. The lowest BCUT2D eigenvalue weighted by atomic mass is 9.66. The molecule has 1 heterocycles. The van der Waals surface area contributed by atoms with E-state index in [-0.39, 0.29) is 17.0 Å². The van der Waals surface area contributed by atoms with Gasteiger partial charge in [0.05, 0.1) is 18.3 Å². The van der Waals surface area contributed by atoms with Gasteiger partial charge in [0, 0.05) is 29.1 Å². The predicted molar refractivity (Wildman–Crippen MR) is 142 cm³/mol. The van der Waals surface area contributed by atoms with Gasteiger partial charge in [0.25, 0.3) is 5.91 Å². The highest BCUT2D eigenvalue weighted by Crippen LogP contribution is 2.46. The van der Waals surface area contributed by atoms with Gasteiger partial charge in [0.1, 0.15) is 6.04 Å². The molecule has 0 aliphatic carbocycles. The van der Waals surface area contributed by atoms with Crippen LogP contribution in [0.2, 0.25) is 5.02 Å². The molecule has 1 fully saturated rings. The Morgan fingerprint density at radius 2 is 1.83 bits per heavy atom. The number of rotatable bonds is 8. The summed E-state index contributed by atoms with van der Waals surface area (Å²) in [7, 11) is 1.28. The maximum atomic E-state index is 13.6. The second-order valence-corrected chi connectivity index (χ2v) is 11.1. The lowest BCUT2D eigenvalue weighted by Gasteiger charge is -2.51. The molecule has 2 aromatic rings. The van der Waals surface area contributed by atoms with Crippen LogP contribution in [-0.2, 0) is 15.1 Å². The van der Waals surface area contributed by atoms with Gasteiger partial charge in [-0.1, -0.05) is 43.6 Å². The first-order valence-corrected chi connectivity index (χ1v) is 13.5. The van der Waals surface area contributed by atoms with Crippen molar-refractivity contribution in [2.24, 2.45) is 5.41 Å². The van der Waals surface area contributed by atoms with Crippen LogP contribution in [-0.4, -0.2) is 66.0 Å². The summed E-state index contributed by atoms with van der Waals surface area (Å²) in [5, 5.41) is 15.1. The van der Waals surface area contributed by atoms with Crippen LogP contribution in [0.1, 0.15) is 53.0 Å². The van der Waals surface area contributed by atoms with Crippen LogP contribution in [0.5, 0.6) is 0 Å². The van der Waals surface area contributed by atoms with Gasteiger partial charge in [-0.2, -0.15) is 11.8 Å². The van der Waals surface area contributed by atoms with E-state index in [0.29, 0.717) is 36.7 Å². The molecule has 1 aliphatic rings.